The molecule has 2 heterocycles. The monoisotopic (exact) mass is 247 g/mol. The number of anilines is 1. The molecule has 1 aromatic carbocycles. The van der Waals surface area contributed by atoms with E-state index >= 15 is 0 Å². The van der Waals surface area contributed by atoms with Crippen molar-refractivity contribution in [1.29, 1.82) is 0 Å². The van der Waals surface area contributed by atoms with Crippen LogP contribution in [0.15, 0.2) is 35.1 Å². The minimum absolute atomic E-state index is 0.303. The highest BCUT2D eigenvalue weighted by Gasteiger charge is 2.14. The predicted octanol–water partition coefficient (Wildman–Crippen LogP) is 3.07. The first-order valence-electron chi connectivity index (χ1n) is 5.12. The van der Waals surface area contributed by atoms with Crippen LogP contribution in [-0.2, 0) is 7.05 Å². The third-order valence-electron chi connectivity index (χ3n) is 2.86. The van der Waals surface area contributed by atoms with Crippen molar-refractivity contribution in [1.82, 2.24) is 9.72 Å². The molecule has 5 heteroatoms. The summed E-state index contributed by atoms with van der Waals surface area (Å²) in [7, 11) is 1.95. The zero-order valence-electron chi connectivity index (χ0n) is 9.14. The summed E-state index contributed by atoms with van der Waals surface area (Å²) in [6, 6.07) is 5.92. The summed E-state index contributed by atoms with van der Waals surface area (Å²) in [6.07, 6.45) is 3.48. The molecule has 86 valence electrons. The molecule has 0 radical (unpaired) electrons. The number of nitrogens with two attached hydrogens (primary N) is 1. The number of benzene rings is 1. The number of hydrogen-bond donors (Lipinski definition) is 1. The van der Waals surface area contributed by atoms with Crippen LogP contribution >= 0.6 is 11.6 Å². The topological polar surface area (TPSA) is 57.0 Å². The molecule has 0 aliphatic carbocycles. The Bertz CT molecular complexity index is 699. The molecule has 0 amide bonds. The molecule has 0 aliphatic heterocycles. The second-order valence-corrected chi connectivity index (χ2v) is 4.30. The minimum Gasteiger partial charge on any atom is -0.367 e. The van der Waals surface area contributed by atoms with Crippen molar-refractivity contribution < 1.29 is 4.52 Å². The summed E-state index contributed by atoms with van der Waals surface area (Å²) >= 11 is 6.24. The standard InChI is InChI=1S/C12H10ClN3O/c1-16-6-9(13)11-7(3-2-4-10(11)16)8-5-15-17-12(8)14/h2-6H,14H2,1H3. The maximum atomic E-state index is 6.24. The molecule has 2 aromatic heterocycles. The average Bonchev–Trinajstić information content (AvgIpc) is 2.85. The van der Waals surface area contributed by atoms with Gasteiger partial charge in [-0.15, -0.1) is 0 Å². The second-order valence-electron chi connectivity index (χ2n) is 3.89. The average molecular weight is 248 g/mol. The quantitative estimate of drug-likeness (QED) is 0.719. The number of rotatable bonds is 1. The Morgan fingerprint density at radius 3 is 2.88 bits per heavy atom. The van der Waals surface area contributed by atoms with Gasteiger partial charge in [-0.3, -0.25) is 0 Å². The number of fused-ring (bicyclic) bond motifs is 1. The molecule has 2 N–H and O–H groups in total. The van der Waals surface area contributed by atoms with Gasteiger partial charge in [0, 0.05) is 24.1 Å². The van der Waals surface area contributed by atoms with Crippen molar-refractivity contribution in [2.24, 2.45) is 7.05 Å². The van der Waals surface area contributed by atoms with Crippen molar-refractivity contribution in [3.05, 3.63) is 35.6 Å². The molecule has 3 aromatic rings. The smallest absolute Gasteiger partial charge is 0.229 e. The van der Waals surface area contributed by atoms with E-state index in [2.05, 4.69) is 5.16 Å². The van der Waals surface area contributed by atoms with E-state index in [1.165, 1.54) is 0 Å². The van der Waals surface area contributed by atoms with Crippen LogP contribution in [0.5, 0.6) is 0 Å². The van der Waals surface area contributed by atoms with E-state index in [0.717, 1.165) is 22.0 Å². The van der Waals surface area contributed by atoms with Crippen LogP contribution < -0.4 is 5.73 Å². The fourth-order valence-corrected chi connectivity index (χ4v) is 2.41. The second kappa shape index (κ2) is 3.53. The Labute approximate surface area is 103 Å². The van der Waals surface area contributed by atoms with Crippen LogP contribution in [0.2, 0.25) is 5.02 Å². The highest BCUT2D eigenvalue weighted by molar-refractivity contribution is 6.36. The number of aryl methyl sites for hydroxylation is 1. The van der Waals surface area contributed by atoms with Gasteiger partial charge in [0.2, 0.25) is 5.88 Å². The molecule has 0 unspecified atom stereocenters. The van der Waals surface area contributed by atoms with E-state index in [4.69, 9.17) is 21.9 Å². The molecular formula is C12H10ClN3O. The normalized spacial score (nSPS) is 11.2. The lowest BCUT2D eigenvalue weighted by atomic mass is 10.0. The number of nitrogens with zero attached hydrogens (tertiary/aromatic N) is 2. The van der Waals surface area contributed by atoms with Crippen molar-refractivity contribution in [3.63, 3.8) is 0 Å². The van der Waals surface area contributed by atoms with Gasteiger partial charge in [-0.2, -0.15) is 0 Å². The molecule has 0 bridgehead atoms. The Hall–Kier alpha value is -1.94. The molecular weight excluding hydrogens is 238 g/mol. The lowest BCUT2D eigenvalue weighted by molar-refractivity contribution is 0.436. The van der Waals surface area contributed by atoms with E-state index in [-0.39, 0.29) is 0 Å². The highest BCUT2D eigenvalue weighted by Crippen LogP contribution is 2.36. The first-order chi connectivity index (χ1) is 8.18. The Balaban J connectivity index is 2.42. The SMILES string of the molecule is Cn1cc(Cl)c2c(-c3cnoc3N)cccc21. The largest absolute Gasteiger partial charge is 0.367 e. The van der Waals surface area contributed by atoms with Crippen molar-refractivity contribution in [2.45, 2.75) is 0 Å². The summed E-state index contributed by atoms with van der Waals surface area (Å²) in [6.45, 7) is 0. The summed E-state index contributed by atoms with van der Waals surface area (Å²) < 4.78 is 6.87. The molecule has 4 nitrogen and oxygen atoms in total. The van der Waals surface area contributed by atoms with Crippen molar-refractivity contribution in [2.75, 3.05) is 5.73 Å². The third kappa shape index (κ3) is 1.41. The van der Waals surface area contributed by atoms with E-state index in [9.17, 15) is 0 Å². The maximum absolute atomic E-state index is 6.24. The number of nitrogen functional groups attached to an aromatic ring is 1. The summed E-state index contributed by atoms with van der Waals surface area (Å²) in [5.41, 5.74) is 8.49. The van der Waals surface area contributed by atoms with E-state index in [1.54, 1.807) is 6.20 Å². The molecule has 0 spiro atoms. The van der Waals surface area contributed by atoms with Gasteiger partial charge in [0.15, 0.2) is 0 Å². The predicted molar refractivity (Wildman–Crippen MR) is 67.8 cm³/mol. The zero-order valence-corrected chi connectivity index (χ0v) is 9.90. The zero-order chi connectivity index (χ0) is 12.0. The molecule has 3 rings (SSSR count). The summed E-state index contributed by atoms with van der Waals surface area (Å²) in [5.74, 6) is 0.303. The van der Waals surface area contributed by atoms with Gasteiger partial charge in [-0.05, 0) is 11.6 Å². The Morgan fingerprint density at radius 2 is 2.18 bits per heavy atom. The molecule has 0 atom stereocenters. The van der Waals surface area contributed by atoms with Crippen molar-refractivity contribution in [3.8, 4) is 11.1 Å². The van der Waals surface area contributed by atoms with Crippen LogP contribution in [0.4, 0.5) is 5.88 Å². The van der Waals surface area contributed by atoms with Gasteiger partial charge in [-0.25, -0.2) is 0 Å². The fraction of sp³-hybridized carbons (Fsp3) is 0.0833. The van der Waals surface area contributed by atoms with E-state index in [0.29, 0.717) is 10.9 Å². The van der Waals surface area contributed by atoms with Gasteiger partial charge < -0.3 is 14.8 Å². The van der Waals surface area contributed by atoms with Gasteiger partial charge in [-0.1, -0.05) is 28.9 Å². The van der Waals surface area contributed by atoms with Crippen LogP contribution in [0.25, 0.3) is 22.0 Å². The van der Waals surface area contributed by atoms with Gasteiger partial charge >= 0.3 is 0 Å². The minimum atomic E-state index is 0.303. The summed E-state index contributed by atoms with van der Waals surface area (Å²) in [5, 5.41) is 5.35. The van der Waals surface area contributed by atoms with Crippen LogP contribution in [0, 0.1) is 0 Å². The molecule has 0 aliphatic rings. The third-order valence-corrected chi connectivity index (χ3v) is 3.14. The number of aromatic nitrogens is 2. The number of halogens is 1. The van der Waals surface area contributed by atoms with E-state index < -0.39 is 0 Å². The lowest BCUT2D eigenvalue weighted by Gasteiger charge is -2.02. The van der Waals surface area contributed by atoms with Crippen LogP contribution in [0.1, 0.15) is 0 Å². The summed E-state index contributed by atoms with van der Waals surface area (Å²) in [4.78, 5) is 0. The number of hydrogen-bond acceptors (Lipinski definition) is 3. The molecule has 0 fully saturated rings. The van der Waals surface area contributed by atoms with Gasteiger partial charge in [0.25, 0.3) is 0 Å². The molecule has 0 saturated heterocycles. The molecule has 0 saturated carbocycles. The van der Waals surface area contributed by atoms with Crippen LogP contribution in [0.3, 0.4) is 0 Å². The lowest BCUT2D eigenvalue weighted by Crippen LogP contribution is -1.87. The van der Waals surface area contributed by atoms with Crippen LogP contribution in [-0.4, -0.2) is 9.72 Å². The van der Waals surface area contributed by atoms with Crippen molar-refractivity contribution >= 4 is 28.4 Å². The highest BCUT2D eigenvalue weighted by atomic mass is 35.5. The maximum Gasteiger partial charge on any atom is 0.229 e. The Kier molecular flexibility index (Phi) is 2.12. The first kappa shape index (κ1) is 10.2. The Morgan fingerprint density at radius 1 is 1.35 bits per heavy atom. The molecule has 17 heavy (non-hydrogen) atoms. The van der Waals surface area contributed by atoms with E-state index in [1.807, 2.05) is 36.0 Å². The first-order valence-corrected chi connectivity index (χ1v) is 5.50. The fourth-order valence-electron chi connectivity index (χ4n) is 2.06. The van der Waals surface area contributed by atoms with Gasteiger partial charge in [0.05, 0.1) is 16.8 Å². The van der Waals surface area contributed by atoms with Gasteiger partial charge in [0.1, 0.15) is 0 Å².